The monoisotopic (exact) mass is 570 g/mol. The molecule has 206 valence electrons. The molecule has 3 atom stereocenters. The van der Waals surface area contributed by atoms with Gasteiger partial charge in [-0.3, -0.25) is 4.99 Å². The molecule has 4 aromatic rings. The second-order valence-electron chi connectivity index (χ2n) is 9.80. The van der Waals surface area contributed by atoms with Crippen LogP contribution in [0.4, 0.5) is 29.1 Å². The lowest BCUT2D eigenvalue weighted by molar-refractivity contribution is 0.123. The zero-order valence-electron chi connectivity index (χ0n) is 21.2. The maximum absolute atomic E-state index is 15.1. The third-order valence-corrected chi connectivity index (χ3v) is 8.42. The Bertz CT molecular complexity index is 1670. The second kappa shape index (κ2) is 9.54. The van der Waals surface area contributed by atoms with Crippen molar-refractivity contribution in [3.63, 3.8) is 0 Å². The highest BCUT2D eigenvalue weighted by atomic mass is 32.2. The quantitative estimate of drug-likeness (QED) is 0.295. The van der Waals surface area contributed by atoms with E-state index in [2.05, 4.69) is 35.2 Å². The van der Waals surface area contributed by atoms with Crippen LogP contribution in [-0.2, 0) is 12.1 Å². The molecule has 3 aromatic heterocycles. The standard InChI is InChI=1S/C26H22F4N8OS/c1-12-3-5-32-18(35-12)11-39-19-10-34-21-16(37-19)4-6-33-22(21)36-13-7-14(20(28)15(27)8-13)25(2)17-9-26(17,23(29)30)40-24(31)38-25/h3-8,10,17,23H,9,11H2,1-2H3,(H2,31,38)(H,33,36)/t17-,25-,26-/m0/s1. The normalized spacial score (nSPS) is 23.6. The average molecular weight is 571 g/mol. The number of nitrogens with zero attached hydrogens (tertiary/aromatic N) is 6. The van der Waals surface area contributed by atoms with Crippen LogP contribution in [0.25, 0.3) is 11.0 Å². The number of nitrogens with one attached hydrogen (secondary N) is 1. The highest BCUT2D eigenvalue weighted by molar-refractivity contribution is 8.15. The van der Waals surface area contributed by atoms with Crippen LogP contribution >= 0.6 is 11.8 Å². The lowest BCUT2D eigenvalue weighted by Crippen LogP contribution is -2.39. The van der Waals surface area contributed by atoms with Gasteiger partial charge < -0.3 is 15.8 Å². The van der Waals surface area contributed by atoms with Crippen molar-refractivity contribution >= 4 is 39.5 Å². The van der Waals surface area contributed by atoms with E-state index in [1.165, 1.54) is 25.4 Å². The summed E-state index contributed by atoms with van der Waals surface area (Å²) in [6.07, 6.45) is 1.89. The Morgan fingerprint density at radius 3 is 2.73 bits per heavy atom. The number of nitrogens with two attached hydrogens (primary N) is 1. The van der Waals surface area contributed by atoms with Crippen LogP contribution in [0.2, 0.25) is 0 Å². The summed E-state index contributed by atoms with van der Waals surface area (Å²) in [7, 11) is 0. The molecule has 0 saturated heterocycles. The van der Waals surface area contributed by atoms with Crippen molar-refractivity contribution in [3.05, 3.63) is 71.6 Å². The van der Waals surface area contributed by atoms with Crippen LogP contribution in [-0.4, -0.2) is 41.3 Å². The van der Waals surface area contributed by atoms with Gasteiger partial charge >= 0.3 is 0 Å². The fourth-order valence-corrected chi connectivity index (χ4v) is 6.41. The van der Waals surface area contributed by atoms with E-state index in [0.29, 0.717) is 16.9 Å². The van der Waals surface area contributed by atoms with E-state index in [9.17, 15) is 13.2 Å². The summed E-state index contributed by atoms with van der Waals surface area (Å²) >= 11 is 0.793. The van der Waals surface area contributed by atoms with Crippen LogP contribution in [0, 0.1) is 24.5 Å². The molecule has 0 unspecified atom stereocenters. The predicted octanol–water partition coefficient (Wildman–Crippen LogP) is 5.02. The van der Waals surface area contributed by atoms with Gasteiger partial charge in [-0.05, 0) is 38.5 Å². The maximum atomic E-state index is 15.1. The van der Waals surface area contributed by atoms with E-state index >= 15 is 4.39 Å². The molecule has 40 heavy (non-hydrogen) atoms. The van der Waals surface area contributed by atoms with Gasteiger partial charge in [-0.15, -0.1) is 0 Å². The molecule has 0 radical (unpaired) electrons. The van der Waals surface area contributed by atoms with Crippen molar-refractivity contribution < 1.29 is 22.3 Å². The summed E-state index contributed by atoms with van der Waals surface area (Å²) in [5, 5.41) is 2.86. The number of halogens is 4. The number of alkyl halides is 2. The summed E-state index contributed by atoms with van der Waals surface area (Å²) < 4.78 is 62.0. The number of fused-ring (bicyclic) bond motifs is 2. The van der Waals surface area contributed by atoms with Crippen molar-refractivity contribution in [2.24, 2.45) is 16.6 Å². The zero-order chi connectivity index (χ0) is 28.2. The van der Waals surface area contributed by atoms with Crippen molar-refractivity contribution in [2.45, 2.75) is 43.6 Å². The first-order valence-corrected chi connectivity index (χ1v) is 13.0. The molecule has 0 bridgehead atoms. The summed E-state index contributed by atoms with van der Waals surface area (Å²) in [6.45, 7) is 3.44. The van der Waals surface area contributed by atoms with Crippen LogP contribution in [0.5, 0.6) is 5.88 Å². The van der Waals surface area contributed by atoms with E-state index in [-0.39, 0.29) is 41.1 Å². The molecular weight excluding hydrogens is 548 g/mol. The molecule has 14 heteroatoms. The molecule has 0 amide bonds. The molecule has 3 N–H and O–H groups in total. The van der Waals surface area contributed by atoms with Crippen LogP contribution in [0.3, 0.4) is 0 Å². The number of aliphatic imine (C=N–C) groups is 1. The Morgan fingerprint density at radius 2 is 1.95 bits per heavy atom. The summed E-state index contributed by atoms with van der Waals surface area (Å²) in [5.41, 5.74) is 5.93. The first kappa shape index (κ1) is 26.2. The number of aromatic nitrogens is 5. The SMILES string of the molecule is Cc1ccnc(COc2cnc3c(Nc4cc(F)c(F)c([C@]5(C)N=C(N)S[C@@]6(C(F)F)C[C@@H]56)c4)nccc3n2)n1. The second-order valence-corrected chi connectivity index (χ2v) is 11.2. The Hall–Kier alpha value is -4.07. The van der Waals surface area contributed by atoms with E-state index in [1.807, 2.05) is 6.92 Å². The van der Waals surface area contributed by atoms with Gasteiger partial charge in [-0.2, -0.15) is 0 Å². The van der Waals surface area contributed by atoms with E-state index in [4.69, 9.17) is 10.5 Å². The number of benzene rings is 1. The Kier molecular flexibility index (Phi) is 6.24. The molecule has 1 saturated carbocycles. The van der Waals surface area contributed by atoms with Gasteiger partial charge in [0.2, 0.25) is 5.88 Å². The summed E-state index contributed by atoms with van der Waals surface area (Å²) in [6, 6.07) is 5.69. The third kappa shape index (κ3) is 4.45. The summed E-state index contributed by atoms with van der Waals surface area (Å²) in [5.74, 6) is -2.12. The first-order chi connectivity index (χ1) is 19.1. The predicted molar refractivity (Wildman–Crippen MR) is 141 cm³/mol. The van der Waals surface area contributed by atoms with Crippen LogP contribution in [0.15, 0.2) is 47.8 Å². The van der Waals surface area contributed by atoms with E-state index in [1.54, 1.807) is 18.3 Å². The van der Waals surface area contributed by atoms with Crippen LogP contribution in [0.1, 0.15) is 30.4 Å². The van der Waals surface area contributed by atoms with Crippen molar-refractivity contribution in [1.82, 2.24) is 24.9 Å². The number of hydrogen-bond acceptors (Lipinski definition) is 10. The van der Waals surface area contributed by atoms with Gasteiger partial charge in [0.25, 0.3) is 6.43 Å². The van der Waals surface area contributed by atoms with E-state index < -0.39 is 34.3 Å². The Balaban J connectivity index is 1.30. The lowest BCUT2D eigenvalue weighted by atomic mass is 9.85. The third-order valence-electron chi connectivity index (χ3n) is 7.11. The highest BCUT2D eigenvalue weighted by Crippen LogP contribution is 2.68. The Labute approximate surface area is 229 Å². The number of rotatable bonds is 7. The fraction of sp³-hybridized carbons (Fsp3) is 0.308. The van der Waals surface area contributed by atoms with Gasteiger partial charge in [0, 0.05) is 41.3 Å². The van der Waals surface area contributed by atoms with Gasteiger partial charge in [-0.25, -0.2) is 42.5 Å². The summed E-state index contributed by atoms with van der Waals surface area (Å²) in [4.78, 5) is 25.8. The molecular formula is C26H22F4N8OS. The highest BCUT2D eigenvalue weighted by Gasteiger charge is 2.71. The topological polar surface area (TPSA) is 124 Å². The molecule has 1 fully saturated rings. The minimum Gasteiger partial charge on any atom is -0.468 e. The fourth-order valence-electron chi connectivity index (χ4n) is 5.07. The van der Waals surface area contributed by atoms with Crippen molar-refractivity contribution in [3.8, 4) is 5.88 Å². The van der Waals surface area contributed by atoms with Crippen LogP contribution < -0.4 is 15.8 Å². The smallest absolute Gasteiger partial charge is 0.253 e. The number of ether oxygens (including phenoxy) is 1. The average Bonchev–Trinajstić information content (AvgIpc) is 3.66. The largest absolute Gasteiger partial charge is 0.468 e. The number of thioether (sulfide) groups is 1. The minimum atomic E-state index is -2.69. The molecule has 6 rings (SSSR count). The molecule has 1 aliphatic heterocycles. The van der Waals surface area contributed by atoms with Gasteiger partial charge in [-0.1, -0.05) is 11.8 Å². The Morgan fingerprint density at radius 1 is 1.15 bits per heavy atom. The number of hydrogen-bond donors (Lipinski definition) is 2. The molecule has 1 aromatic carbocycles. The first-order valence-electron chi connectivity index (χ1n) is 12.2. The van der Waals surface area contributed by atoms with Crippen molar-refractivity contribution in [2.75, 3.05) is 5.32 Å². The maximum Gasteiger partial charge on any atom is 0.253 e. The molecule has 9 nitrogen and oxygen atoms in total. The minimum absolute atomic E-state index is 0.0790. The molecule has 2 aliphatic rings. The van der Waals surface area contributed by atoms with Crippen molar-refractivity contribution in [1.29, 1.82) is 0 Å². The number of amidine groups is 1. The van der Waals surface area contributed by atoms with Gasteiger partial charge in [0.05, 0.1) is 22.0 Å². The van der Waals surface area contributed by atoms with Gasteiger partial charge in [0.1, 0.15) is 12.1 Å². The molecule has 0 spiro atoms. The van der Waals surface area contributed by atoms with Gasteiger partial charge in [0.15, 0.2) is 28.4 Å². The molecule has 1 aliphatic carbocycles. The lowest BCUT2D eigenvalue weighted by Gasteiger charge is -2.34. The molecule has 4 heterocycles. The number of anilines is 2. The number of aryl methyl sites for hydroxylation is 1. The zero-order valence-corrected chi connectivity index (χ0v) is 22.0. The number of pyridine rings is 1. The van der Waals surface area contributed by atoms with E-state index in [0.717, 1.165) is 23.5 Å².